The number of sulfonamides is 1. The van der Waals surface area contributed by atoms with Gasteiger partial charge >= 0.3 is 0 Å². The minimum absolute atomic E-state index is 0.0667. The van der Waals surface area contributed by atoms with Crippen molar-refractivity contribution in [3.05, 3.63) is 78.4 Å². The number of carbonyl (C=O) groups is 1. The summed E-state index contributed by atoms with van der Waals surface area (Å²) >= 11 is 1.60. The molecule has 4 rings (SSSR count). The molecule has 1 aliphatic heterocycles. The van der Waals surface area contributed by atoms with Crippen molar-refractivity contribution in [2.24, 2.45) is 0 Å². The summed E-state index contributed by atoms with van der Waals surface area (Å²) in [4.78, 5) is 14.7. The molecular formula is C23H24N2O3S2. The highest BCUT2D eigenvalue weighted by molar-refractivity contribution is 7.99. The predicted octanol–water partition coefficient (Wildman–Crippen LogP) is 3.61. The molecule has 1 aliphatic rings. The van der Waals surface area contributed by atoms with Crippen LogP contribution in [0.15, 0.2) is 77.7 Å². The predicted molar refractivity (Wildman–Crippen MR) is 122 cm³/mol. The summed E-state index contributed by atoms with van der Waals surface area (Å²) < 4.78 is 26.9. The zero-order valence-corrected chi connectivity index (χ0v) is 18.2. The molecule has 30 heavy (non-hydrogen) atoms. The van der Waals surface area contributed by atoms with E-state index in [9.17, 15) is 13.2 Å². The van der Waals surface area contributed by atoms with Crippen molar-refractivity contribution in [1.82, 2.24) is 9.21 Å². The van der Waals surface area contributed by atoms with Crippen LogP contribution in [0.2, 0.25) is 0 Å². The van der Waals surface area contributed by atoms with Crippen LogP contribution >= 0.6 is 11.8 Å². The quantitative estimate of drug-likeness (QED) is 0.588. The molecule has 0 N–H and O–H groups in total. The lowest BCUT2D eigenvalue weighted by molar-refractivity contribution is -0.129. The molecule has 156 valence electrons. The van der Waals surface area contributed by atoms with E-state index in [-0.39, 0.29) is 5.91 Å². The molecule has 0 unspecified atom stereocenters. The SMILES string of the molecule is O=C(CSCc1cccc2ccccc12)N1CCN(S(=O)(=O)c2ccccc2)CC1. The van der Waals surface area contributed by atoms with Crippen LogP contribution in [0.1, 0.15) is 5.56 Å². The lowest BCUT2D eigenvalue weighted by Gasteiger charge is -2.34. The van der Waals surface area contributed by atoms with Crippen molar-refractivity contribution < 1.29 is 13.2 Å². The van der Waals surface area contributed by atoms with Crippen LogP contribution in [-0.4, -0.2) is 55.5 Å². The first kappa shape index (κ1) is 20.9. The number of piperazine rings is 1. The van der Waals surface area contributed by atoms with Gasteiger partial charge in [-0.15, -0.1) is 11.8 Å². The molecule has 0 aromatic heterocycles. The summed E-state index contributed by atoms with van der Waals surface area (Å²) in [6, 6.07) is 23.0. The number of hydrogen-bond acceptors (Lipinski definition) is 4. The van der Waals surface area contributed by atoms with E-state index in [1.54, 1.807) is 47.0 Å². The van der Waals surface area contributed by atoms with Gasteiger partial charge in [0.05, 0.1) is 10.6 Å². The fourth-order valence-electron chi connectivity index (χ4n) is 3.68. The first-order chi connectivity index (χ1) is 14.6. The Morgan fingerprint density at radius 2 is 1.50 bits per heavy atom. The van der Waals surface area contributed by atoms with Crippen molar-refractivity contribution in [2.75, 3.05) is 31.9 Å². The first-order valence-electron chi connectivity index (χ1n) is 9.93. The molecule has 0 aliphatic carbocycles. The van der Waals surface area contributed by atoms with Gasteiger partial charge in [0.2, 0.25) is 15.9 Å². The molecule has 0 bridgehead atoms. The highest BCUT2D eigenvalue weighted by Crippen LogP contribution is 2.23. The third-order valence-corrected chi connectivity index (χ3v) is 8.21. The van der Waals surface area contributed by atoms with Gasteiger partial charge in [-0.2, -0.15) is 4.31 Å². The summed E-state index contributed by atoms with van der Waals surface area (Å²) in [5.41, 5.74) is 1.23. The third kappa shape index (κ3) is 4.53. The van der Waals surface area contributed by atoms with Gasteiger partial charge < -0.3 is 4.90 Å². The van der Waals surface area contributed by atoms with Crippen molar-refractivity contribution in [3.63, 3.8) is 0 Å². The number of carbonyl (C=O) groups excluding carboxylic acids is 1. The number of thioether (sulfide) groups is 1. The van der Waals surface area contributed by atoms with E-state index in [1.165, 1.54) is 20.6 Å². The maximum Gasteiger partial charge on any atom is 0.243 e. The van der Waals surface area contributed by atoms with Gasteiger partial charge in [0.1, 0.15) is 0 Å². The van der Waals surface area contributed by atoms with E-state index >= 15 is 0 Å². The number of amides is 1. The molecule has 1 fully saturated rings. The van der Waals surface area contributed by atoms with Crippen LogP contribution in [-0.2, 0) is 20.6 Å². The van der Waals surface area contributed by atoms with Crippen molar-refractivity contribution in [1.29, 1.82) is 0 Å². The lowest BCUT2D eigenvalue weighted by atomic mass is 10.1. The second-order valence-corrected chi connectivity index (χ2v) is 10.2. The first-order valence-corrected chi connectivity index (χ1v) is 12.5. The molecule has 1 saturated heterocycles. The maximum atomic E-state index is 12.7. The average molecular weight is 441 g/mol. The Hall–Kier alpha value is -2.35. The van der Waals surface area contributed by atoms with Crippen molar-refractivity contribution in [2.45, 2.75) is 10.6 Å². The summed E-state index contributed by atoms with van der Waals surface area (Å²) in [7, 11) is -3.49. The van der Waals surface area contributed by atoms with Gasteiger partial charge in [0, 0.05) is 31.9 Å². The summed E-state index contributed by atoms with van der Waals surface area (Å²) in [5, 5.41) is 2.43. The molecule has 0 spiro atoms. The van der Waals surface area contributed by atoms with E-state index in [1.807, 2.05) is 18.2 Å². The van der Waals surface area contributed by atoms with E-state index in [2.05, 4.69) is 24.3 Å². The fraction of sp³-hybridized carbons (Fsp3) is 0.261. The Bertz CT molecular complexity index is 1120. The number of hydrogen-bond donors (Lipinski definition) is 0. The number of nitrogens with zero attached hydrogens (tertiary/aromatic N) is 2. The highest BCUT2D eigenvalue weighted by Gasteiger charge is 2.29. The van der Waals surface area contributed by atoms with Crippen LogP contribution in [0, 0.1) is 0 Å². The number of fused-ring (bicyclic) bond motifs is 1. The number of benzene rings is 3. The molecule has 1 amide bonds. The molecule has 3 aromatic carbocycles. The Kier molecular flexibility index (Phi) is 6.41. The van der Waals surface area contributed by atoms with Gasteiger partial charge in [-0.05, 0) is 28.5 Å². The van der Waals surface area contributed by atoms with Crippen LogP contribution in [0.25, 0.3) is 10.8 Å². The van der Waals surface area contributed by atoms with Gasteiger partial charge in [0.25, 0.3) is 0 Å². The molecule has 5 nitrogen and oxygen atoms in total. The van der Waals surface area contributed by atoms with Crippen LogP contribution in [0.3, 0.4) is 0 Å². The highest BCUT2D eigenvalue weighted by atomic mass is 32.2. The lowest BCUT2D eigenvalue weighted by Crippen LogP contribution is -2.50. The summed E-state index contributed by atoms with van der Waals surface area (Å²) in [6.07, 6.45) is 0. The molecule has 0 saturated carbocycles. The van der Waals surface area contributed by atoms with E-state index in [0.29, 0.717) is 36.8 Å². The van der Waals surface area contributed by atoms with E-state index in [4.69, 9.17) is 0 Å². The van der Waals surface area contributed by atoms with Crippen LogP contribution in [0.4, 0.5) is 0 Å². The molecule has 7 heteroatoms. The topological polar surface area (TPSA) is 57.7 Å². The van der Waals surface area contributed by atoms with Gasteiger partial charge in [-0.1, -0.05) is 60.7 Å². The van der Waals surface area contributed by atoms with Crippen LogP contribution < -0.4 is 0 Å². The van der Waals surface area contributed by atoms with E-state index in [0.717, 1.165) is 5.75 Å². The van der Waals surface area contributed by atoms with Gasteiger partial charge in [-0.3, -0.25) is 4.79 Å². The van der Waals surface area contributed by atoms with Gasteiger partial charge in [0.15, 0.2) is 0 Å². The molecule has 1 heterocycles. The zero-order valence-electron chi connectivity index (χ0n) is 16.6. The molecule has 0 radical (unpaired) electrons. The minimum atomic E-state index is -3.49. The molecular weight excluding hydrogens is 416 g/mol. The fourth-order valence-corrected chi connectivity index (χ4v) is 6.05. The van der Waals surface area contributed by atoms with Gasteiger partial charge in [-0.25, -0.2) is 8.42 Å². The van der Waals surface area contributed by atoms with Crippen molar-refractivity contribution in [3.8, 4) is 0 Å². The Morgan fingerprint density at radius 1 is 0.833 bits per heavy atom. The Morgan fingerprint density at radius 3 is 2.27 bits per heavy atom. The molecule has 3 aromatic rings. The monoisotopic (exact) mass is 440 g/mol. The van der Waals surface area contributed by atoms with E-state index < -0.39 is 10.0 Å². The molecule has 0 atom stereocenters. The van der Waals surface area contributed by atoms with Crippen LogP contribution in [0.5, 0.6) is 0 Å². The second-order valence-electron chi connectivity index (χ2n) is 7.23. The Balaban J connectivity index is 1.30. The smallest absolute Gasteiger partial charge is 0.243 e. The standard InChI is InChI=1S/C23H24N2O3S2/c26-23(18-29-17-20-9-6-8-19-7-4-5-12-22(19)20)24-13-15-25(16-14-24)30(27,28)21-10-2-1-3-11-21/h1-12H,13-18H2. The second kappa shape index (κ2) is 9.20. The zero-order chi connectivity index (χ0) is 21.0. The maximum absolute atomic E-state index is 12.7. The Labute approximate surface area is 181 Å². The summed E-state index contributed by atoms with van der Waals surface area (Å²) in [5.74, 6) is 1.24. The largest absolute Gasteiger partial charge is 0.339 e. The number of rotatable bonds is 6. The van der Waals surface area contributed by atoms with Crippen molar-refractivity contribution >= 4 is 38.5 Å². The normalized spacial score (nSPS) is 15.4. The average Bonchev–Trinajstić information content (AvgIpc) is 2.80. The summed E-state index contributed by atoms with van der Waals surface area (Å²) in [6.45, 7) is 1.52. The minimum Gasteiger partial charge on any atom is -0.339 e. The third-order valence-electron chi connectivity index (χ3n) is 5.34.